The van der Waals surface area contributed by atoms with Crippen LogP contribution in [0.2, 0.25) is 0 Å². The van der Waals surface area contributed by atoms with E-state index in [9.17, 15) is 9.11 Å². The Kier molecular flexibility index (Phi) is 4.33. The zero-order chi connectivity index (χ0) is 13.2. The van der Waals surface area contributed by atoms with Gasteiger partial charge in [-0.25, -0.2) is 4.31 Å². The molecule has 0 heterocycles. The standard InChI is InChI=1S/C14H23NO2S/c1-12-8-10-14(11-9-12)18(16,17)15(2)13-6-4-3-5-7-13/h8-11,13,16-17H,3-7H2,1-2H3. The Morgan fingerprint density at radius 2 is 1.61 bits per heavy atom. The van der Waals surface area contributed by atoms with Gasteiger partial charge >= 0.3 is 0 Å². The summed E-state index contributed by atoms with van der Waals surface area (Å²) in [6.07, 6.45) is 5.79. The molecule has 0 bridgehead atoms. The molecule has 102 valence electrons. The van der Waals surface area contributed by atoms with E-state index in [1.165, 1.54) is 19.3 Å². The maximum Gasteiger partial charge on any atom is 0.0752 e. The van der Waals surface area contributed by atoms with Crippen LogP contribution >= 0.6 is 10.8 Å². The first-order chi connectivity index (χ1) is 8.51. The molecule has 0 aliphatic heterocycles. The van der Waals surface area contributed by atoms with Crippen molar-refractivity contribution in [1.29, 1.82) is 0 Å². The van der Waals surface area contributed by atoms with Crippen molar-refractivity contribution in [1.82, 2.24) is 4.31 Å². The van der Waals surface area contributed by atoms with E-state index in [1.54, 1.807) is 4.31 Å². The molecule has 0 radical (unpaired) electrons. The van der Waals surface area contributed by atoms with Crippen molar-refractivity contribution in [3.05, 3.63) is 29.8 Å². The molecule has 0 spiro atoms. The Morgan fingerprint density at radius 3 is 2.17 bits per heavy atom. The number of rotatable bonds is 3. The fraction of sp³-hybridized carbons (Fsp3) is 0.571. The van der Waals surface area contributed by atoms with Crippen molar-refractivity contribution in [2.45, 2.75) is 50.0 Å². The SMILES string of the molecule is Cc1ccc(S(O)(O)N(C)C2CCCCC2)cc1. The third kappa shape index (κ3) is 2.88. The Hall–Kier alpha value is -0.550. The Balaban J connectivity index is 2.15. The Bertz CT molecular complexity index is 385. The summed E-state index contributed by atoms with van der Waals surface area (Å²) < 4.78 is 22.7. The molecule has 1 aromatic carbocycles. The van der Waals surface area contributed by atoms with E-state index in [4.69, 9.17) is 0 Å². The molecule has 0 unspecified atom stereocenters. The van der Waals surface area contributed by atoms with Crippen molar-refractivity contribution in [3.63, 3.8) is 0 Å². The quantitative estimate of drug-likeness (QED) is 0.860. The first kappa shape index (κ1) is 13.9. The highest BCUT2D eigenvalue weighted by Gasteiger charge is 2.29. The lowest BCUT2D eigenvalue weighted by molar-refractivity contribution is 0.260. The third-order valence-electron chi connectivity index (χ3n) is 3.83. The number of hydrogen-bond acceptors (Lipinski definition) is 3. The van der Waals surface area contributed by atoms with Crippen LogP contribution in [0, 0.1) is 6.92 Å². The van der Waals surface area contributed by atoms with Gasteiger partial charge in [-0.3, -0.25) is 9.11 Å². The van der Waals surface area contributed by atoms with E-state index in [0.717, 1.165) is 18.4 Å². The van der Waals surface area contributed by atoms with Gasteiger partial charge in [0.25, 0.3) is 0 Å². The first-order valence-electron chi connectivity index (χ1n) is 6.60. The summed E-state index contributed by atoms with van der Waals surface area (Å²) in [7, 11) is -0.984. The Morgan fingerprint density at radius 1 is 1.06 bits per heavy atom. The minimum absolute atomic E-state index is 0.296. The lowest BCUT2D eigenvalue weighted by Gasteiger charge is -2.46. The summed E-state index contributed by atoms with van der Waals surface area (Å²) >= 11 is 0. The summed E-state index contributed by atoms with van der Waals surface area (Å²) in [4.78, 5) is 0.626. The normalized spacial score (nSPS) is 19.2. The molecule has 2 rings (SSSR count). The topological polar surface area (TPSA) is 43.7 Å². The first-order valence-corrected chi connectivity index (χ1v) is 8.10. The van der Waals surface area contributed by atoms with Gasteiger partial charge in [0.1, 0.15) is 0 Å². The van der Waals surface area contributed by atoms with Gasteiger partial charge in [0.15, 0.2) is 0 Å². The molecule has 4 heteroatoms. The number of aryl methyl sites for hydroxylation is 1. The molecule has 2 N–H and O–H groups in total. The molecule has 1 saturated carbocycles. The lowest BCUT2D eigenvalue weighted by atomic mass is 9.96. The van der Waals surface area contributed by atoms with Gasteiger partial charge in [-0.05, 0) is 31.9 Å². The van der Waals surface area contributed by atoms with Crippen LogP contribution in [0.15, 0.2) is 29.2 Å². The van der Waals surface area contributed by atoms with E-state index < -0.39 is 10.8 Å². The van der Waals surface area contributed by atoms with E-state index in [2.05, 4.69) is 0 Å². The lowest BCUT2D eigenvalue weighted by Crippen LogP contribution is -2.35. The minimum Gasteiger partial charge on any atom is -0.281 e. The van der Waals surface area contributed by atoms with Gasteiger partial charge in [0.2, 0.25) is 0 Å². The van der Waals surface area contributed by atoms with Crippen molar-refractivity contribution in [3.8, 4) is 0 Å². The maximum absolute atomic E-state index is 10.5. The maximum atomic E-state index is 10.5. The zero-order valence-electron chi connectivity index (χ0n) is 11.2. The molecule has 0 amide bonds. The van der Waals surface area contributed by atoms with E-state index in [1.807, 2.05) is 38.2 Å². The van der Waals surface area contributed by atoms with Crippen LogP contribution in [0.25, 0.3) is 0 Å². The molecule has 0 atom stereocenters. The van der Waals surface area contributed by atoms with Crippen LogP contribution in [0.1, 0.15) is 37.7 Å². The van der Waals surface area contributed by atoms with Crippen molar-refractivity contribution >= 4 is 10.8 Å². The fourth-order valence-corrected chi connectivity index (χ4v) is 4.00. The van der Waals surface area contributed by atoms with Crippen LogP contribution in [0.4, 0.5) is 0 Å². The second kappa shape index (κ2) is 5.61. The van der Waals surface area contributed by atoms with Crippen molar-refractivity contribution < 1.29 is 9.11 Å². The molecule has 18 heavy (non-hydrogen) atoms. The van der Waals surface area contributed by atoms with Crippen LogP contribution < -0.4 is 0 Å². The summed E-state index contributed by atoms with van der Waals surface area (Å²) in [5, 5.41) is 0. The molecule has 0 saturated heterocycles. The van der Waals surface area contributed by atoms with Crippen LogP contribution in [0.3, 0.4) is 0 Å². The van der Waals surface area contributed by atoms with E-state index in [0.29, 0.717) is 10.9 Å². The molecular formula is C14H23NO2S. The molecule has 1 fully saturated rings. The van der Waals surface area contributed by atoms with Gasteiger partial charge in [-0.1, -0.05) is 37.0 Å². The smallest absolute Gasteiger partial charge is 0.0752 e. The summed E-state index contributed by atoms with van der Waals surface area (Å²) in [6, 6.07) is 7.80. The molecule has 0 aromatic heterocycles. The summed E-state index contributed by atoms with van der Waals surface area (Å²) in [6.45, 7) is 2.00. The molecule has 1 aromatic rings. The van der Waals surface area contributed by atoms with E-state index in [-0.39, 0.29) is 0 Å². The minimum atomic E-state index is -2.82. The number of hydrogen-bond donors (Lipinski definition) is 2. The zero-order valence-corrected chi connectivity index (χ0v) is 12.0. The third-order valence-corrected chi connectivity index (χ3v) is 5.83. The van der Waals surface area contributed by atoms with Crippen LogP contribution in [0.5, 0.6) is 0 Å². The van der Waals surface area contributed by atoms with Gasteiger partial charge in [-0.15, -0.1) is 10.8 Å². The summed E-state index contributed by atoms with van der Waals surface area (Å²) in [5.74, 6) is 0. The van der Waals surface area contributed by atoms with Crippen molar-refractivity contribution in [2.24, 2.45) is 0 Å². The molecule has 1 aliphatic carbocycles. The largest absolute Gasteiger partial charge is 0.281 e. The highest BCUT2D eigenvalue weighted by Crippen LogP contribution is 2.52. The second-order valence-corrected chi connectivity index (χ2v) is 7.25. The van der Waals surface area contributed by atoms with Crippen LogP contribution in [-0.4, -0.2) is 26.5 Å². The van der Waals surface area contributed by atoms with Crippen molar-refractivity contribution in [2.75, 3.05) is 7.05 Å². The predicted octanol–water partition coefficient (Wildman–Crippen LogP) is 4.28. The van der Waals surface area contributed by atoms with Gasteiger partial charge in [-0.2, -0.15) is 0 Å². The van der Waals surface area contributed by atoms with Crippen LogP contribution in [-0.2, 0) is 0 Å². The average molecular weight is 269 g/mol. The molecule has 1 aliphatic rings. The number of benzene rings is 1. The predicted molar refractivity (Wildman–Crippen MR) is 76.9 cm³/mol. The Labute approximate surface area is 111 Å². The molecule has 3 nitrogen and oxygen atoms in total. The van der Waals surface area contributed by atoms with Gasteiger partial charge in [0, 0.05) is 13.1 Å². The highest BCUT2D eigenvalue weighted by molar-refractivity contribution is 8.22. The monoisotopic (exact) mass is 269 g/mol. The second-order valence-electron chi connectivity index (χ2n) is 5.17. The van der Waals surface area contributed by atoms with Gasteiger partial charge < -0.3 is 0 Å². The average Bonchev–Trinajstić information content (AvgIpc) is 2.39. The summed E-state index contributed by atoms with van der Waals surface area (Å²) in [5.41, 5.74) is 1.13. The fourth-order valence-electron chi connectivity index (χ4n) is 2.54. The number of nitrogens with zero attached hydrogens (tertiary/aromatic N) is 1. The molecular weight excluding hydrogens is 246 g/mol. The highest BCUT2D eigenvalue weighted by atomic mass is 32.3. The van der Waals surface area contributed by atoms with E-state index >= 15 is 0 Å². The van der Waals surface area contributed by atoms with Gasteiger partial charge in [0.05, 0.1) is 4.90 Å².